The van der Waals surface area contributed by atoms with E-state index < -0.39 is 11.9 Å². The van der Waals surface area contributed by atoms with E-state index in [1.165, 1.54) is 17.7 Å². The molecule has 0 saturated heterocycles. The maximum Gasteiger partial charge on any atom is 0.429 e. The van der Waals surface area contributed by atoms with Crippen LogP contribution in [-0.4, -0.2) is 19.0 Å². The van der Waals surface area contributed by atoms with Crippen molar-refractivity contribution in [1.82, 2.24) is 0 Å². The second kappa shape index (κ2) is 8.99. The topological polar surface area (TPSA) is 21.6 Å². The van der Waals surface area contributed by atoms with Gasteiger partial charge in [0.25, 0.3) is 0 Å². The number of aliphatic imine (C=N–C) groups is 1. The van der Waals surface area contributed by atoms with Crippen molar-refractivity contribution < 1.29 is 17.9 Å². The third kappa shape index (κ3) is 5.51. The van der Waals surface area contributed by atoms with Gasteiger partial charge in [-0.15, -0.1) is 0 Å². The van der Waals surface area contributed by atoms with Crippen LogP contribution < -0.4 is 4.74 Å². The summed E-state index contributed by atoms with van der Waals surface area (Å²) < 4.78 is 45.6. The zero-order valence-electron chi connectivity index (χ0n) is 15.7. The first-order valence-electron chi connectivity index (χ1n) is 9.39. The average Bonchev–Trinajstić information content (AvgIpc) is 2.69. The molecule has 2 aromatic rings. The van der Waals surface area contributed by atoms with Crippen molar-refractivity contribution in [1.29, 1.82) is 0 Å². The van der Waals surface area contributed by atoms with E-state index >= 15 is 0 Å². The highest BCUT2D eigenvalue weighted by atomic mass is 35.5. The molecule has 0 unspecified atom stereocenters. The van der Waals surface area contributed by atoms with Crippen LogP contribution >= 0.6 is 11.6 Å². The van der Waals surface area contributed by atoms with Crippen molar-refractivity contribution >= 4 is 23.0 Å². The monoisotopic (exact) mass is 409 g/mol. The lowest BCUT2D eigenvalue weighted by molar-refractivity contribution is -0.0613. The molecule has 0 aliphatic heterocycles. The molecular weight excluding hydrogens is 387 g/mol. The molecule has 2 aromatic carbocycles. The van der Waals surface area contributed by atoms with Crippen LogP contribution in [0.3, 0.4) is 0 Å². The Bertz CT molecular complexity index is 792. The number of hydrogen-bond donors (Lipinski definition) is 0. The standard InChI is InChI=1S/C22H23ClF3NO/c1-28-20-12-6-17(7-13-20)16-4-2-15(3-5-16)14-21(22(24,25)26)27-19-10-8-18(23)9-11-19/h6-13,15-16H,2-5,14H2,1H3. The first-order chi connectivity index (χ1) is 13.3. The Morgan fingerprint density at radius 1 is 1.00 bits per heavy atom. The Kier molecular flexibility index (Phi) is 6.65. The maximum atomic E-state index is 13.5. The Morgan fingerprint density at radius 3 is 2.14 bits per heavy atom. The SMILES string of the molecule is COc1ccc(C2CCC(CC(=Nc3ccc(Cl)cc3)C(F)(F)F)CC2)cc1. The molecule has 0 bridgehead atoms. The van der Waals surface area contributed by atoms with E-state index in [1.54, 1.807) is 19.2 Å². The summed E-state index contributed by atoms with van der Waals surface area (Å²) in [4.78, 5) is 3.88. The smallest absolute Gasteiger partial charge is 0.429 e. The summed E-state index contributed by atoms with van der Waals surface area (Å²) in [5.41, 5.74) is 0.802. The van der Waals surface area contributed by atoms with Crippen molar-refractivity contribution in [3.05, 3.63) is 59.1 Å². The molecule has 1 aliphatic rings. The Balaban J connectivity index is 1.64. The second-order valence-corrected chi connectivity index (χ2v) is 7.66. The van der Waals surface area contributed by atoms with Crippen molar-refractivity contribution in [3.8, 4) is 5.75 Å². The molecule has 1 saturated carbocycles. The minimum atomic E-state index is -4.42. The number of methoxy groups -OCH3 is 1. The van der Waals surface area contributed by atoms with Gasteiger partial charge < -0.3 is 4.74 Å². The zero-order valence-corrected chi connectivity index (χ0v) is 16.4. The molecule has 0 aromatic heterocycles. The Hall–Kier alpha value is -2.01. The van der Waals surface area contributed by atoms with E-state index in [9.17, 15) is 13.2 Å². The predicted octanol–water partition coefficient (Wildman–Crippen LogP) is 7.35. The predicted molar refractivity (Wildman–Crippen MR) is 107 cm³/mol. The maximum absolute atomic E-state index is 13.5. The molecule has 0 atom stereocenters. The average molecular weight is 410 g/mol. The number of benzene rings is 2. The molecular formula is C22H23ClF3NO. The molecule has 0 radical (unpaired) electrons. The van der Waals surface area contributed by atoms with Gasteiger partial charge in [-0.05, 0) is 85.9 Å². The summed E-state index contributed by atoms with van der Waals surface area (Å²) >= 11 is 5.80. The van der Waals surface area contributed by atoms with Gasteiger partial charge in [0.05, 0.1) is 12.8 Å². The Labute approximate surface area is 168 Å². The molecule has 150 valence electrons. The van der Waals surface area contributed by atoms with Crippen LogP contribution in [0, 0.1) is 5.92 Å². The lowest BCUT2D eigenvalue weighted by atomic mass is 9.77. The molecule has 6 heteroatoms. The third-order valence-corrected chi connectivity index (χ3v) is 5.59. The van der Waals surface area contributed by atoms with Crippen molar-refractivity contribution in [2.45, 2.75) is 44.2 Å². The van der Waals surface area contributed by atoms with Crippen molar-refractivity contribution in [2.75, 3.05) is 7.11 Å². The molecule has 1 fully saturated rings. The highest BCUT2D eigenvalue weighted by molar-refractivity contribution is 6.30. The van der Waals surface area contributed by atoms with Gasteiger partial charge in [0.1, 0.15) is 11.5 Å². The minimum absolute atomic E-state index is 0.00201. The number of alkyl halides is 3. The number of ether oxygens (including phenoxy) is 1. The van der Waals surface area contributed by atoms with Crippen molar-refractivity contribution in [2.24, 2.45) is 10.9 Å². The van der Waals surface area contributed by atoms with E-state index in [4.69, 9.17) is 16.3 Å². The van der Waals surface area contributed by atoms with Crippen LogP contribution in [0.4, 0.5) is 18.9 Å². The van der Waals surface area contributed by atoms with Gasteiger partial charge in [-0.3, -0.25) is 0 Å². The summed E-state index contributed by atoms with van der Waals surface area (Å²) in [6.45, 7) is 0. The van der Waals surface area contributed by atoms with Gasteiger partial charge in [0.2, 0.25) is 0 Å². The van der Waals surface area contributed by atoms with E-state index in [0.717, 1.165) is 31.4 Å². The van der Waals surface area contributed by atoms with Gasteiger partial charge in [0.15, 0.2) is 0 Å². The normalized spacial score (nSPS) is 20.8. The highest BCUT2D eigenvalue weighted by Gasteiger charge is 2.37. The van der Waals surface area contributed by atoms with Gasteiger partial charge in [-0.25, -0.2) is 4.99 Å². The summed E-state index contributed by atoms with van der Waals surface area (Å²) in [6.07, 6.45) is -1.14. The molecule has 0 N–H and O–H groups in total. The van der Waals surface area contributed by atoms with E-state index in [2.05, 4.69) is 4.99 Å². The fourth-order valence-corrected chi connectivity index (χ4v) is 3.87. The Morgan fingerprint density at radius 2 is 1.61 bits per heavy atom. The lowest BCUT2D eigenvalue weighted by Gasteiger charge is -2.29. The van der Waals surface area contributed by atoms with Gasteiger partial charge in [0, 0.05) is 5.02 Å². The quantitative estimate of drug-likeness (QED) is 0.473. The summed E-state index contributed by atoms with van der Waals surface area (Å²) in [5.74, 6) is 1.21. The molecule has 1 aliphatic carbocycles. The zero-order chi connectivity index (χ0) is 20.1. The molecule has 0 spiro atoms. The van der Waals surface area contributed by atoms with E-state index in [0.29, 0.717) is 10.9 Å². The molecule has 3 rings (SSSR count). The van der Waals surface area contributed by atoms with Crippen molar-refractivity contribution in [3.63, 3.8) is 0 Å². The summed E-state index contributed by atoms with van der Waals surface area (Å²) in [6, 6.07) is 14.1. The second-order valence-electron chi connectivity index (χ2n) is 7.23. The van der Waals surface area contributed by atoms with Gasteiger partial charge in [-0.1, -0.05) is 23.7 Å². The number of halogens is 4. The van der Waals surface area contributed by atoms with Crippen LogP contribution in [0.5, 0.6) is 5.75 Å². The van der Waals surface area contributed by atoms with Crippen LogP contribution in [0.2, 0.25) is 5.02 Å². The summed E-state index contributed by atoms with van der Waals surface area (Å²) in [7, 11) is 1.63. The minimum Gasteiger partial charge on any atom is -0.497 e. The van der Waals surface area contributed by atoms with E-state index in [1.807, 2.05) is 24.3 Å². The summed E-state index contributed by atoms with van der Waals surface area (Å²) in [5, 5.41) is 0.476. The molecule has 0 amide bonds. The molecule has 28 heavy (non-hydrogen) atoms. The number of rotatable bonds is 5. The number of nitrogens with zero attached hydrogens (tertiary/aromatic N) is 1. The fraction of sp³-hybridized carbons (Fsp3) is 0.409. The van der Waals surface area contributed by atoms with Crippen LogP contribution in [0.1, 0.15) is 43.6 Å². The molecule has 2 nitrogen and oxygen atoms in total. The lowest BCUT2D eigenvalue weighted by Crippen LogP contribution is -2.27. The fourth-order valence-electron chi connectivity index (χ4n) is 3.75. The van der Waals surface area contributed by atoms with Crippen LogP contribution in [0.15, 0.2) is 53.5 Å². The van der Waals surface area contributed by atoms with Gasteiger partial charge in [-0.2, -0.15) is 13.2 Å². The largest absolute Gasteiger partial charge is 0.497 e. The molecule has 0 heterocycles. The van der Waals surface area contributed by atoms with Gasteiger partial charge >= 0.3 is 6.18 Å². The van der Waals surface area contributed by atoms with E-state index in [-0.39, 0.29) is 18.0 Å². The van der Waals surface area contributed by atoms with Crippen LogP contribution in [0.25, 0.3) is 0 Å². The third-order valence-electron chi connectivity index (χ3n) is 5.33. The first kappa shape index (κ1) is 20.7. The number of hydrogen-bond acceptors (Lipinski definition) is 2. The first-order valence-corrected chi connectivity index (χ1v) is 9.77. The highest BCUT2D eigenvalue weighted by Crippen LogP contribution is 2.39. The van der Waals surface area contributed by atoms with Crippen LogP contribution in [-0.2, 0) is 0 Å².